The highest BCUT2D eigenvalue weighted by Gasteiger charge is 2.24. The number of carbonyl (C=O) groups excluding carboxylic acids is 1. The Hall–Kier alpha value is -2.40. The summed E-state index contributed by atoms with van der Waals surface area (Å²) in [5.41, 5.74) is 2.31. The van der Waals surface area contributed by atoms with E-state index < -0.39 is 5.97 Å². The van der Waals surface area contributed by atoms with Crippen LogP contribution < -0.4 is 4.74 Å². The van der Waals surface area contributed by atoms with Gasteiger partial charge in [0.15, 0.2) is 5.70 Å². The minimum absolute atomic E-state index is 0.315. The third-order valence-corrected chi connectivity index (χ3v) is 4.20. The fourth-order valence-electron chi connectivity index (χ4n) is 2.24. The molecule has 112 valence electrons. The van der Waals surface area contributed by atoms with Crippen molar-refractivity contribution in [3.05, 3.63) is 57.4 Å². The molecule has 5 heteroatoms. The zero-order valence-electron chi connectivity index (χ0n) is 12.3. The molecule has 0 fully saturated rings. The van der Waals surface area contributed by atoms with Gasteiger partial charge in [0.05, 0.1) is 12.0 Å². The van der Waals surface area contributed by atoms with E-state index in [4.69, 9.17) is 9.47 Å². The highest BCUT2D eigenvalue weighted by molar-refractivity contribution is 7.12. The molecule has 2 heterocycles. The van der Waals surface area contributed by atoms with E-state index in [1.165, 1.54) is 11.3 Å². The summed E-state index contributed by atoms with van der Waals surface area (Å²) < 4.78 is 10.5. The second kappa shape index (κ2) is 6.15. The lowest BCUT2D eigenvalue weighted by Gasteiger charge is -2.07. The Balaban J connectivity index is 1.93. The third kappa shape index (κ3) is 2.80. The van der Waals surface area contributed by atoms with Crippen LogP contribution in [0.15, 0.2) is 46.4 Å². The van der Waals surface area contributed by atoms with E-state index in [-0.39, 0.29) is 0 Å². The summed E-state index contributed by atoms with van der Waals surface area (Å²) in [4.78, 5) is 17.1. The van der Waals surface area contributed by atoms with Gasteiger partial charge >= 0.3 is 5.97 Å². The largest absolute Gasteiger partial charge is 0.496 e. The number of carbonyl (C=O) groups is 1. The van der Waals surface area contributed by atoms with Gasteiger partial charge in [-0.25, -0.2) is 9.79 Å². The quantitative estimate of drug-likeness (QED) is 0.639. The summed E-state index contributed by atoms with van der Waals surface area (Å²) in [5.74, 6) is 0.800. The van der Waals surface area contributed by atoms with Crippen molar-refractivity contribution >= 4 is 29.3 Å². The molecule has 2 aromatic rings. The molecule has 0 saturated carbocycles. The average Bonchev–Trinajstić information content (AvgIpc) is 3.17. The molecule has 0 saturated heterocycles. The number of hydrogen-bond donors (Lipinski definition) is 0. The number of cyclic esters (lactones) is 1. The lowest BCUT2D eigenvalue weighted by molar-refractivity contribution is -0.129. The monoisotopic (exact) mass is 313 g/mol. The molecule has 0 radical (unpaired) electrons. The fourth-order valence-corrected chi connectivity index (χ4v) is 2.89. The van der Waals surface area contributed by atoms with E-state index in [9.17, 15) is 4.79 Å². The second-order valence-electron chi connectivity index (χ2n) is 4.74. The highest BCUT2D eigenvalue weighted by atomic mass is 32.1. The molecule has 4 nitrogen and oxygen atoms in total. The van der Waals surface area contributed by atoms with Crippen molar-refractivity contribution in [2.24, 2.45) is 4.99 Å². The first-order valence-corrected chi connectivity index (χ1v) is 7.82. The van der Waals surface area contributed by atoms with Crippen LogP contribution in [0.4, 0.5) is 0 Å². The standard InChI is InChI=1S/C17H15NO3S/c1-3-12-9-11(6-7-14(12)20-2)10-13-17(19)21-16(18-13)15-5-4-8-22-15/h4-10H,3H2,1-2H3/b13-10+. The number of methoxy groups -OCH3 is 1. The van der Waals surface area contributed by atoms with Crippen molar-refractivity contribution in [1.82, 2.24) is 0 Å². The molecule has 0 N–H and O–H groups in total. The van der Waals surface area contributed by atoms with Crippen LogP contribution in [0.3, 0.4) is 0 Å². The molecule has 0 atom stereocenters. The molecule has 1 aliphatic rings. The molecular weight excluding hydrogens is 298 g/mol. The van der Waals surface area contributed by atoms with Crippen molar-refractivity contribution in [1.29, 1.82) is 0 Å². The van der Waals surface area contributed by atoms with E-state index in [2.05, 4.69) is 11.9 Å². The van der Waals surface area contributed by atoms with Crippen molar-refractivity contribution < 1.29 is 14.3 Å². The predicted octanol–water partition coefficient (Wildman–Crippen LogP) is 3.66. The van der Waals surface area contributed by atoms with Crippen molar-refractivity contribution in [3.63, 3.8) is 0 Å². The summed E-state index contributed by atoms with van der Waals surface area (Å²) in [6, 6.07) is 9.57. The minimum atomic E-state index is -0.419. The maximum Gasteiger partial charge on any atom is 0.363 e. The zero-order chi connectivity index (χ0) is 15.5. The normalized spacial score (nSPS) is 15.8. The maximum atomic E-state index is 11.9. The first kappa shape index (κ1) is 14.5. The van der Waals surface area contributed by atoms with E-state index in [0.29, 0.717) is 11.6 Å². The minimum Gasteiger partial charge on any atom is -0.496 e. The zero-order valence-corrected chi connectivity index (χ0v) is 13.1. The molecule has 0 bridgehead atoms. The van der Waals surface area contributed by atoms with Crippen LogP contribution in [-0.4, -0.2) is 19.0 Å². The first-order valence-electron chi connectivity index (χ1n) is 6.94. The van der Waals surface area contributed by atoms with Crippen LogP contribution >= 0.6 is 11.3 Å². The number of rotatable bonds is 4. The third-order valence-electron chi connectivity index (χ3n) is 3.34. The molecule has 3 rings (SSSR count). The highest BCUT2D eigenvalue weighted by Crippen LogP contribution is 2.24. The van der Waals surface area contributed by atoms with Gasteiger partial charge in [-0.1, -0.05) is 19.1 Å². The fraction of sp³-hybridized carbons (Fsp3) is 0.176. The summed E-state index contributed by atoms with van der Waals surface area (Å²) in [5, 5.41) is 1.92. The van der Waals surface area contributed by atoms with Crippen LogP contribution in [0.1, 0.15) is 22.9 Å². The van der Waals surface area contributed by atoms with Gasteiger partial charge < -0.3 is 9.47 Å². The summed E-state index contributed by atoms with van der Waals surface area (Å²) in [6.07, 6.45) is 2.59. The van der Waals surface area contributed by atoms with Gasteiger partial charge in [0.25, 0.3) is 0 Å². The van der Waals surface area contributed by atoms with Gasteiger partial charge in [0.1, 0.15) is 5.75 Å². The molecule has 0 spiro atoms. The van der Waals surface area contributed by atoms with Crippen LogP contribution in [0.25, 0.3) is 6.08 Å². The van der Waals surface area contributed by atoms with Gasteiger partial charge in [-0.2, -0.15) is 0 Å². The first-order chi connectivity index (χ1) is 10.7. The van der Waals surface area contributed by atoms with Crippen molar-refractivity contribution in [2.75, 3.05) is 7.11 Å². The molecule has 0 aliphatic carbocycles. The Kier molecular flexibility index (Phi) is 4.06. The molecule has 22 heavy (non-hydrogen) atoms. The summed E-state index contributed by atoms with van der Waals surface area (Å²) in [7, 11) is 1.65. The average molecular weight is 313 g/mol. The second-order valence-corrected chi connectivity index (χ2v) is 5.69. The number of aryl methyl sites for hydroxylation is 1. The Morgan fingerprint density at radius 1 is 1.36 bits per heavy atom. The predicted molar refractivity (Wildman–Crippen MR) is 87.3 cm³/mol. The van der Waals surface area contributed by atoms with Gasteiger partial charge in [-0.05, 0) is 47.2 Å². The van der Waals surface area contributed by atoms with Crippen LogP contribution in [0.5, 0.6) is 5.75 Å². The number of nitrogens with zero attached hydrogens (tertiary/aromatic N) is 1. The Morgan fingerprint density at radius 3 is 2.91 bits per heavy atom. The Labute approximate surface area is 132 Å². The molecular formula is C17H15NO3S. The smallest absolute Gasteiger partial charge is 0.363 e. The summed E-state index contributed by atoms with van der Waals surface area (Å²) in [6.45, 7) is 2.06. The number of thiophene rings is 1. The van der Waals surface area contributed by atoms with E-state index in [1.54, 1.807) is 13.2 Å². The number of esters is 1. The SMILES string of the molecule is CCc1cc(/C=C2/N=C(c3cccs3)OC2=O)ccc1OC. The van der Waals surface area contributed by atoms with Crippen LogP contribution in [0.2, 0.25) is 0 Å². The van der Waals surface area contributed by atoms with Gasteiger partial charge in [-0.3, -0.25) is 0 Å². The van der Waals surface area contributed by atoms with Crippen molar-refractivity contribution in [2.45, 2.75) is 13.3 Å². The van der Waals surface area contributed by atoms with Gasteiger partial charge in [0.2, 0.25) is 5.90 Å². The van der Waals surface area contributed by atoms with Gasteiger partial charge in [0, 0.05) is 0 Å². The van der Waals surface area contributed by atoms with E-state index in [1.807, 2.05) is 35.7 Å². The topological polar surface area (TPSA) is 47.9 Å². The summed E-state index contributed by atoms with van der Waals surface area (Å²) >= 11 is 1.49. The molecule has 1 aromatic carbocycles. The molecule has 1 aliphatic heterocycles. The molecule has 0 amide bonds. The molecule has 1 aromatic heterocycles. The Morgan fingerprint density at radius 2 is 2.23 bits per heavy atom. The van der Waals surface area contributed by atoms with Crippen molar-refractivity contribution in [3.8, 4) is 5.75 Å². The lowest BCUT2D eigenvalue weighted by Crippen LogP contribution is -2.03. The van der Waals surface area contributed by atoms with Crippen LogP contribution in [0, 0.1) is 0 Å². The lowest BCUT2D eigenvalue weighted by atomic mass is 10.1. The molecule has 0 unspecified atom stereocenters. The van der Waals surface area contributed by atoms with Gasteiger partial charge in [-0.15, -0.1) is 11.3 Å². The number of benzene rings is 1. The number of hydrogen-bond acceptors (Lipinski definition) is 5. The van der Waals surface area contributed by atoms with Crippen LogP contribution in [-0.2, 0) is 16.0 Å². The Bertz CT molecular complexity index is 760. The maximum absolute atomic E-state index is 11.9. The number of aliphatic imine (C=N–C) groups is 1. The number of ether oxygens (including phenoxy) is 2. The van der Waals surface area contributed by atoms with E-state index >= 15 is 0 Å². The van der Waals surface area contributed by atoms with E-state index in [0.717, 1.165) is 28.2 Å².